The Morgan fingerprint density at radius 2 is 1.16 bits per heavy atom. The molecular formula is C47H74N4O7. The number of amides is 3. The second kappa shape index (κ2) is 31.6. The number of rotatable bonds is 34. The highest BCUT2D eigenvalue weighted by atomic mass is 16.5. The maximum Gasteiger partial charge on any atom is 0.408 e. The van der Waals surface area contributed by atoms with Crippen molar-refractivity contribution in [2.24, 2.45) is 5.92 Å². The number of ether oxygens (including phenoxy) is 1. The number of benzene rings is 2. The maximum atomic E-state index is 13.6. The summed E-state index contributed by atoms with van der Waals surface area (Å²) >= 11 is 0. The molecule has 11 heteroatoms. The first-order chi connectivity index (χ1) is 28.1. The summed E-state index contributed by atoms with van der Waals surface area (Å²) in [4.78, 5) is 64.5. The molecule has 6 N–H and O–H groups in total. The van der Waals surface area contributed by atoms with Gasteiger partial charge in [-0.25, -0.2) is 9.59 Å². The van der Waals surface area contributed by atoms with Gasteiger partial charge in [0.1, 0.15) is 24.5 Å². The Kier molecular flexibility index (Phi) is 27.1. The number of ketones is 1. The van der Waals surface area contributed by atoms with Crippen LogP contribution in [-0.2, 0) is 36.9 Å². The zero-order valence-electron chi connectivity index (χ0n) is 35.6. The summed E-state index contributed by atoms with van der Waals surface area (Å²) in [5, 5.41) is 17.2. The number of carboxylic acid groups (broad SMARTS) is 1. The highest BCUT2D eigenvalue weighted by molar-refractivity contribution is 5.91. The van der Waals surface area contributed by atoms with Gasteiger partial charge in [-0.15, -0.1) is 0 Å². The molecule has 0 spiro atoms. The van der Waals surface area contributed by atoms with Crippen LogP contribution in [0.4, 0.5) is 10.5 Å². The zero-order chi connectivity index (χ0) is 42.2. The number of nitrogen functional groups attached to an aromatic ring is 1. The van der Waals surface area contributed by atoms with E-state index in [0.29, 0.717) is 11.3 Å². The van der Waals surface area contributed by atoms with Gasteiger partial charge in [0.15, 0.2) is 0 Å². The van der Waals surface area contributed by atoms with Gasteiger partial charge in [-0.2, -0.15) is 0 Å². The molecular weight excluding hydrogens is 733 g/mol. The molecule has 0 fully saturated rings. The molecule has 324 valence electrons. The van der Waals surface area contributed by atoms with Crippen molar-refractivity contribution in [3.8, 4) is 0 Å². The number of unbranched alkanes of at least 4 members (excludes halogenated alkanes) is 16. The number of aliphatic carboxylic acids is 1. The smallest absolute Gasteiger partial charge is 0.408 e. The molecule has 11 nitrogen and oxygen atoms in total. The molecule has 2 rings (SSSR count). The van der Waals surface area contributed by atoms with Gasteiger partial charge in [0.25, 0.3) is 0 Å². The summed E-state index contributed by atoms with van der Waals surface area (Å²) in [5.74, 6) is -2.66. The minimum Gasteiger partial charge on any atom is -0.480 e. The average Bonchev–Trinajstić information content (AvgIpc) is 3.22. The monoisotopic (exact) mass is 807 g/mol. The molecule has 0 saturated carbocycles. The molecule has 0 aliphatic rings. The van der Waals surface area contributed by atoms with E-state index in [-0.39, 0.29) is 37.6 Å². The van der Waals surface area contributed by atoms with Crippen molar-refractivity contribution in [3.63, 3.8) is 0 Å². The van der Waals surface area contributed by atoms with E-state index in [9.17, 15) is 29.1 Å². The topological polar surface area (TPSA) is 177 Å². The molecule has 0 aliphatic carbocycles. The van der Waals surface area contributed by atoms with Crippen molar-refractivity contribution in [2.75, 3.05) is 12.3 Å². The van der Waals surface area contributed by atoms with Gasteiger partial charge in [0.2, 0.25) is 11.8 Å². The number of anilines is 1. The van der Waals surface area contributed by atoms with Gasteiger partial charge in [-0.05, 0) is 42.5 Å². The molecule has 0 bridgehead atoms. The Bertz CT molecular complexity index is 1440. The standard InChI is InChI=1S/C47H74N4O7/c1-3-5-7-8-9-10-11-12-13-14-15-16-17-18-19-23-27-39(26-6-4-2)43(52)33-32-41(51-47(57)58-36-38-24-21-20-22-25-38)45(54)49-35-44(53)50-42(46(55)56)34-37-28-30-40(48)31-29-37/h20-22,24-25,28-31,39,41-42H,3-19,23,26-27,32-36,48H2,1-2H3,(H,49,54)(H,50,53)(H,51,57)(H,55,56)/t39?,41-,42?/m0/s1. The molecule has 2 aromatic rings. The Morgan fingerprint density at radius 3 is 1.71 bits per heavy atom. The summed E-state index contributed by atoms with van der Waals surface area (Å²) in [6, 6.07) is 13.4. The first-order valence-corrected chi connectivity index (χ1v) is 22.3. The van der Waals surface area contributed by atoms with Crippen LogP contribution in [0.25, 0.3) is 0 Å². The van der Waals surface area contributed by atoms with Crippen molar-refractivity contribution in [3.05, 3.63) is 65.7 Å². The normalized spacial score (nSPS) is 12.6. The Hall–Kier alpha value is -4.41. The molecule has 2 aromatic carbocycles. The first-order valence-electron chi connectivity index (χ1n) is 22.3. The van der Waals surface area contributed by atoms with Gasteiger partial charge in [0.05, 0.1) is 6.54 Å². The number of alkyl carbamates (subject to hydrolysis) is 1. The highest BCUT2D eigenvalue weighted by Crippen LogP contribution is 2.22. The largest absolute Gasteiger partial charge is 0.480 e. The summed E-state index contributed by atoms with van der Waals surface area (Å²) in [6.45, 7) is 3.84. The predicted octanol–water partition coefficient (Wildman–Crippen LogP) is 9.60. The predicted molar refractivity (Wildman–Crippen MR) is 232 cm³/mol. The van der Waals surface area contributed by atoms with Crippen molar-refractivity contribution in [2.45, 2.75) is 180 Å². The summed E-state index contributed by atoms with van der Waals surface area (Å²) in [5.41, 5.74) is 7.69. The number of hydrogen-bond donors (Lipinski definition) is 5. The van der Waals surface area contributed by atoms with Gasteiger partial charge in [0, 0.05) is 24.4 Å². The van der Waals surface area contributed by atoms with Gasteiger partial charge in [-0.3, -0.25) is 14.4 Å². The molecule has 3 amide bonds. The quantitative estimate of drug-likeness (QED) is 0.0343. The van der Waals surface area contributed by atoms with Crippen LogP contribution in [0, 0.1) is 5.92 Å². The molecule has 0 radical (unpaired) electrons. The van der Waals surface area contributed by atoms with Gasteiger partial charge in [-0.1, -0.05) is 172 Å². The zero-order valence-corrected chi connectivity index (χ0v) is 35.6. The van der Waals surface area contributed by atoms with E-state index in [2.05, 4.69) is 29.8 Å². The van der Waals surface area contributed by atoms with Gasteiger partial charge >= 0.3 is 12.1 Å². The Balaban J connectivity index is 1.85. The lowest BCUT2D eigenvalue weighted by Crippen LogP contribution is -2.51. The Morgan fingerprint density at radius 1 is 0.621 bits per heavy atom. The fraction of sp³-hybridized carbons (Fsp3) is 0.638. The second-order valence-corrected chi connectivity index (χ2v) is 15.8. The van der Waals surface area contributed by atoms with E-state index in [1.807, 2.05) is 30.3 Å². The fourth-order valence-corrected chi connectivity index (χ4v) is 7.15. The van der Waals surface area contributed by atoms with Crippen LogP contribution < -0.4 is 21.7 Å². The van der Waals surface area contributed by atoms with E-state index < -0.39 is 42.5 Å². The maximum absolute atomic E-state index is 13.6. The van der Waals surface area contributed by atoms with Crippen LogP contribution in [0.15, 0.2) is 54.6 Å². The van der Waals surface area contributed by atoms with Gasteiger partial charge < -0.3 is 31.5 Å². The second-order valence-electron chi connectivity index (χ2n) is 15.8. The molecule has 0 saturated heterocycles. The fourth-order valence-electron chi connectivity index (χ4n) is 7.15. The summed E-state index contributed by atoms with van der Waals surface area (Å²) in [6.07, 6.45) is 23.5. The SMILES string of the molecule is CCCCCCCCCCCCCCCCCCC(CCCC)C(=O)CC[C@H](NC(=O)OCc1ccccc1)C(=O)NCC(=O)NC(Cc1ccc(N)cc1)C(=O)O. The molecule has 3 atom stereocenters. The van der Waals surface area contributed by atoms with Crippen molar-refractivity contribution < 1.29 is 33.8 Å². The third kappa shape index (κ3) is 23.7. The minimum absolute atomic E-state index is 0.00860. The van der Waals surface area contributed by atoms with E-state index in [0.717, 1.165) is 44.1 Å². The number of carboxylic acids is 1. The highest BCUT2D eigenvalue weighted by Gasteiger charge is 2.26. The van der Waals surface area contributed by atoms with Crippen molar-refractivity contribution in [1.82, 2.24) is 16.0 Å². The number of Topliss-reactive ketones (excluding diaryl/α,β-unsaturated/α-hetero) is 1. The third-order valence-electron chi connectivity index (χ3n) is 10.7. The number of nitrogens with two attached hydrogens (primary N) is 1. The van der Waals surface area contributed by atoms with Crippen LogP contribution in [0.2, 0.25) is 0 Å². The van der Waals surface area contributed by atoms with E-state index in [1.165, 1.54) is 89.9 Å². The van der Waals surface area contributed by atoms with Crippen LogP contribution in [0.3, 0.4) is 0 Å². The molecule has 0 heterocycles. The van der Waals surface area contributed by atoms with Crippen LogP contribution in [-0.4, -0.2) is 53.4 Å². The average molecular weight is 807 g/mol. The molecule has 0 aromatic heterocycles. The summed E-state index contributed by atoms with van der Waals surface area (Å²) < 4.78 is 5.36. The van der Waals surface area contributed by atoms with Crippen molar-refractivity contribution in [1.29, 1.82) is 0 Å². The lowest BCUT2D eigenvalue weighted by atomic mass is 9.88. The lowest BCUT2D eigenvalue weighted by molar-refractivity contribution is -0.141. The molecule has 0 aliphatic heterocycles. The summed E-state index contributed by atoms with van der Waals surface area (Å²) in [7, 11) is 0. The number of nitrogens with one attached hydrogen (secondary N) is 3. The molecule has 2 unspecified atom stereocenters. The number of carbonyl (C=O) groups excluding carboxylic acids is 4. The van der Waals surface area contributed by atoms with Crippen LogP contribution in [0.5, 0.6) is 0 Å². The van der Waals surface area contributed by atoms with Crippen LogP contribution >= 0.6 is 0 Å². The molecule has 58 heavy (non-hydrogen) atoms. The number of carbonyl (C=O) groups is 5. The Labute approximate surface area is 348 Å². The van der Waals surface area contributed by atoms with E-state index in [4.69, 9.17) is 10.5 Å². The van der Waals surface area contributed by atoms with E-state index >= 15 is 0 Å². The lowest BCUT2D eigenvalue weighted by Gasteiger charge is -2.21. The van der Waals surface area contributed by atoms with Crippen molar-refractivity contribution >= 4 is 35.3 Å². The van der Waals surface area contributed by atoms with E-state index in [1.54, 1.807) is 24.3 Å². The van der Waals surface area contributed by atoms with Crippen LogP contribution in [0.1, 0.15) is 166 Å². The minimum atomic E-state index is -1.23. The third-order valence-corrected chi connectivity index (χ3v) is 10.7. The number of hydrogen-bond acceptors (Lipinski definition) is 7. The first kappa shape index (κ1) is 49.7.